The third-order valence-corrected chi connectivity index (χ3v) is 6.77. The summed E-state index contributed by atoms with van der Waals surface area (Å²) in [6, 6.07) is 12.3. The van der Waals surface area contributed by atoms with E-state index in [1.165, 1.54) is 28.6 Å². The van der Waals surface area contributed by atoms with Gasteiger partial charge in [0.25, 0.3) is 0 Å². The molecule has 1 fully saturated rings. The molecule has 1 heterocycles. The van der Waals surface area contributed by atoms with E-state index in [1.807, 2.05) is 6.92 Å². The Morgan fingerprint density at radius 3 is 2.28 bits per heavy atom. The number of esters is 1. The van der Waals surface area contributed by atoms with E-state index in [4.69, 9.17) is 9.47 Å². The van der Waals surface area contributed by atoms with Crippen molar-refractivity contribution < 1.29 is 27.1 Å². The van der Waals surface area contributed by atoms with Gasteiger partial charge in [-0.3, -0.25) is 4.79 Å². The first kappa shape index (κ1) is 21.3. The van der Waals surface area contributed by atoms with E-state index in [1.54, 1.807) is 24.3 Å². The molecule has 0 atom stereocenters. The Morgan fingerprint density at radius 1 is 1.03 bits per heavy atom. The van der Waals surface area contributed by atoms with Gasteiger partial charge in [-0.2, -0.15) is 4.31 Å². The Bertz CT molecular complexity index is 921. The van der Waals surface area contributed by atoms with Gasteiger partial charge in [-0.1, -0.05) is 17.7 Å². The Morgan fingerprint density at radius 2 is 1.66 bits per heavy atom. The van der Waals surface area contributed by atoms with Crippen LogP contribution in [0.2, 0.25) is 0 Å². The average Bonchev–Trinajstić information content (AvgIpc) is 2.73. The Balaban J connectivity index is 1.43. The number of ether oxygens (including phenoxy) is 2. The molecular weight excluding hydrogens is 397 g/mol. The molecule has 0 spiro atoms. The Hall–Kier alpha value is -2.45. The molecule has 0 N–H and O–H groups in total. The van der Waals surface area contributed by atoms with Crippen molar-refractivity contribution in [1.82, 2.24) is 4.31 Å². The smallest absolute Gasteiger partial charge is 0.309 e. The predicted octanol–water partition coefficient (Wildman–Crippen LogP) is 3.16. The van der Waals surface area contributed by atoms with E-state index in [0.29, 0.717) is 18.6 Å². The van der Waals surface area contributed by atoms with Gasteiger partial charge in [-0.15, -0.1) is 0 Å². The number of carbonyl (C=O) groups is 1. The number of halogens is 1. The van der Waals surface area contributed by atoms with Gasteiger partial charge in [0.05, 0.1) is 10.8 Å². The lowest BCUT2D eigenvalue weighted by molar-refractivity contribution is -0.150. The molecule has 3 rings (SSSR count). The Labute approximate surface area is 170 Å². The maximum atomic E-state index is 12.8. The van der Waals surface area contributed by atoms with Crippen molar-refractivity contribution in [3.63, 3.8) is 0 Å². The van der Waals surface area contributed by atoms with Gasteiger partial charge in [0, 0.05) is 13.1 Å². The summed E-state index contributed by atoms with van der Waals surface area (Å²) in [5.74, 6) is -0.526. The van der Waals surface area contributed by atoms with Crippen LogP contribution in [0.25, 0.3) is 0 Å². The molecule has 6 nitrogen and oxygen atoms in total. The van der Waals surface area contributed by atoms with Gasteiger partial charge in [-0.25, -0.2) is 12.8 Å². The number of hydrogen-bond donors (Lipinski definition) is 0. The first-order valence-corrected chi connectivity index (χ1v) is 10.9. The van der Waals surface area contributed by atoms with Crippen LogP contribution in [0.1, 0.15) is 18.4 Å². The first-order chi connectivity index (χ1) is 13.9. The maximum absolute atomic E-state index is 12.8. The van der Waals surface area contributed by atoms with Crippen LogP contribution in [0.3, 0.4) is 0 Å². The molecule has 8 heteroatoms. The number of piperidine rings is 1. The van der Waals surface area contributed by atoms with E-state index < -0.39 is 10.0 Å². The van der Waals surface area contributed by atoms with Crippen molar-refractivity contribution in [1.29, 1.82) is 0 Å². The molecule has 2 aromatic rings. The normalized spacial score (nSPS) is 15.8. The zero-order valence-electron chi connectivity index (χ0n) is 16.2. The minimum absolute atomic E-state index is 0.0814. The van der Waals surface area contributed by atoms with Crippen LogP contribution >= 0.6 is 0 Å². The number of rotatable bonds is 7. The summed E-state index contributed by atoms with van der Waals surface area (Å²) in [6.07, 6.45) is 0.839. The first-order valence-electron chi connectivity index (χ1n) is 9.48. The second kappa shape index (κ2) is 9.37. The lowest BCUT2D eigenvalue weighted by atomic mass is 9.98. The number of benzene rings is 2. The van der Waals surface area contributed by atoms with Crippen LogP contribution < -0.4 is 4.74 Å². The lowest BCUT2D eigenvalue weighted by Gasteiger charge is -2.30. The lowest BCUT2D eigenvalue weighted by Crippen LogP contribution is -2.40. The van der Waals surface area contributed by atoms with Gasteiger partial charge < -0.3 is 9.47 Å². The fraction of sp³-hybridized carbons (Fsp3) is 0.381. The second-order valence-corrected chi connectivity index (χ2v) is 8.90. The molecule has 1 aliphatic heterocycles. The van der Waals surface area contributed by atoms with Crippen LogP contribution in [0.4, 0.5) is 4.39 Å². The minimum atomic E-state index is -3.55. The summed E-state index contributed by atoms with van der Waals surface area (Å²) in [4.78, 5) is 12.5. The van der Waals surface area contributed by atoms with Gasteiger partial charge in [0.2, 0.25) is 10.0 Å². The molecule has 156 valence electrons. The molecular formula is C21H24FNO5S. The average molecular weight is 421 g/mol. The van der Waals surface area contributed by atoms with E-state index in [-0.39, 0.29) is 48.9 Å². The van der Waals surface area contributed by atoms with Gasteiger partial charge in [-0.05, 0) is 56.2 Å². The molecule has 1 aliphatic rings. The summed E-state index contributed by atoms with van der Waals surface area (Å²) in [5.41, 5.74) is 0.994. The quantitative estimate of drug-likeness (QED) is 0.507. The molecule has 29 heavy (non-hydrogen) atoms. The van der Waals surface area contributed by atoms with Crippen LogP contribution in [0.5, 0.6) is 5.75 Å². The highest BCUT2D eigenvalue weighted by atomic mass is 32.2. The molecule has 0 unspecified atom stereocenters. The third kappa shape index (κ3) is 5.55. The number of hydrogen-bond acceptors (Lipinski definition) is 5. The summed E-state index contributed by atoms with van der Waals surface area (Å²) >= 11 is 0. The largest absolute Gasteiger partial charge is 0.490 e. The number of carbonyl (C=O) groups excluding carboxylic acids is 1. The second-order valence-electron chi connectivity index (χ2n) is 6.96. The molecule has 0 aliphatic carbocycles. The number of sulfonamides is 1. The third-order valence-electron chi connectivity index (χ3n) is 4.86. The molecule has 2 aromatic carbocycles. The topological polar surface area (TPSA) is 72.9 Å². The van der Waals surface area contributed by atoms with Crippen molar-refractivity contribution in [3.05, 3.63) is 59.9 Å². The van der Waals surface area contributed by atoms with Gasteiger partial charge >= 0.3 is 5.97 Å². The summed E-state index contributed by atoms with van der Waals surface area (Å²) < 4.78 is 50.3. The fourth-order valence-electron chi connectivity index (χ4n) is 3.14. The van der Waals surface area contributed by atoms with E-state index in [0.717, 1.165) is 5.56 Å². The zero-order valence-corrected chi connectivity index (χ0v) is 17.0. The molecule has 1 saturated heterocycles. The zero-order chi connectivity index (χ0) is 20.9. The van der Waals surface area contributed by atoms with E-state index in [2.05, 4.69) is 0 Å². The van der Waals surface area contributed by atoms with Crippen LogP contribution in [0, 0.1) is 18.7 Å². The summed E-state index contributed by atoms with van der Waals surface area (Å²) in [5, 5.41) is 0. The molecule has 0 saturated carbocycles. The molecule has 0 aromatic heterocycles. The fourth-order valence-corrected chi connectivity index (χ4v) is 4.61. The molecule has 0 radical (unpaired) electrons. The van der Waals surface area contributed by atoms with Gasteiger partial charge in [0.15, 0.2) is 0 Å². The van der Waals surface area contributed by atoms with Crippen LogP contribution in [-0.2, 0) is 19.6 Å². The number of nitrogens with zero attached hydrogens (tertiary/aromatic N) is 1. The van der Waals surface area contributed by atoms with Crippen LogP contribution in [0.15, 0.2) is 53.4 Å². The standard InChI is InChI=1S/C21H24FNO5S/c1-16-2-8-20(9-3-16)29(25,26)23-12-10-17(11-13-23)21(24)28-15-14-27-19-6-4-18(22)5-7-19/h2-9,17H,10-15H2,1H3. The van der Waals surface area contributed by atoms with Gasteiger partial charge in [0.1, 0.15) is 24.8 Å². The monoisotopic (exact) mass is 421 g/mol. The SMILES string of the molecule is Cc1ccc(S(=O)(=O)N2CCC(C(=O)OCCOc3ccc(F)cc3)CC2)cc1. The van der Waals surface area contributed by atoms with Crippen molar-refractivity contribution in [2.45, 2.75) is 24.7 Å². The van der Waals surface area contributed by atoms with Crippen LogP contribution in [-0.4, -0.2) is 45.0 Å². The minimum Gasteiger partial charge on any atom is -0.490 e. The highest BCUT2D eigenvalue weighted by molar-refractivity contribution is 7.89. The summed E-state index contributed by atoms with van der Waals surface area (Å²) in [7, 11) is -3.55. The molecule has 0 amide bonds. The predicted molar refractivity (Wildman–Crippen MR) is 106 cm³/mol. The summed E-state index contributed by atoms with van der Waals surface area (Å²) in [6.45, 7) is 2.71. The van der Waals surface area contributed by atoms with Crippen molar-refractivity contribution in [3.8, 4) is 5.75 Å². The maximum Gasteiger partial charge on any atom is 0.309 e. The van der Waals surface area contributed by atoms with Crippen molar-refractivity contribution in [2.24, 2.45) is 5.92 Å². The highest BCUT2D eigenvalue weighted by Crippen LogP contribution is 2.25. The van der Waals surface area contributed by atoms with E-state index >= 15 is 0 Å². The Kier molecular flexibility index (Phi) is 6.87. The number of aryl methyl sites for hydroxylation is 1. The van der Waals surface area contributed by atoms with Crippen molar-refractivity contribution >= 4 is 16.0 Å². The van der Waals surface area contributed by atoms with Crippen molar-refractivity contribution in [2.75, 3.05) is 26.3 Å². The van der Waals surface area contributed by atoms with E-state index in [9.17, 15) is 17.6 Å². The highest BCUT2D eigenvalue weighted by Gasteiger charge is 2.32. The molecule has 0 bridgehead atoms.